The van der Waals surface area contributed by atoms with Gasteiger partial charge in [0, 0.05) is 31.2 Å². The minimum absolute atomic E-state index is 0.0980. The van der Waals surface area contributed by atoms with Crippen LogP contribution in [0.4, 0.5) is 0 Å². The van der Waals surface area contributed by atoms with Crippen LogP contribution in [-0.2, 0) is 35.2 Å². The molecule has 0 saturated heterocycles. The Hall–Kier alpha value is -4.01. The highest BCUT2D eigenvalue weighted by Crippen LogP contribution is 2.11. The standard InChI is InChI=1S/C22H35N7O8/c1-3-11(2)18(21(35)28-15(22(36)37)5-7-17(31)32)29-20(34)14(4-6-16(24)30)27-19(33)13(23)8-12-9-25-10-26-12/h9-11,13-15,18H,3-8,23H2,1-2H3,(H2,24,30)(H,25,26)(H,27,33)(H,28,35)(H,29,34)(H,31,32)(H,36,37). The number of nitrogens with zero attached hydrogens (tertiary/aromatic N) is 1. The summed E-state index contributed by atoms with van der Waals surface area (Å²) in [6, 6.07) is -5.02. The number of hydrogen-bond donors (Lipinski definition) is 8. The molecule has 10 N–H and O–H groups in total. The van der Waals surface area contributed by atoms with E-state index < -0.39 is 72.1 Å². The van der Waals surface area contributed by atoms with Gasteiger partial charge >= 0.3 is 11.9 Å². The first-order chi connectivity index (χ1) is 17.3. The van der Waals surface area contributed by atoms with E-state index in [1.54, 1.807) is 13.8 Å². The summed E-state index contributed by atoms with van der Waals surface area (Å²) in [5.74, 6) is -6.17. The smallest absolute Gasteiger partial charge is 0.326 e. The van der Waals surface area contributed by atoms with Crippen LogP contribution >= 0.6 is 0 Å². The van der Waals surface area contributed by atoms with Crippen molar-refractivity contribution in [3.8, 4) is 0 Å². The Morgan fingerprint density at radius 2 is 1.59 bits per heavy atom. The van der Waals surface area contributed by atoms with Gasteiger partial charge in [-0.15, -0.1) is 0 Å². The predicted octanol–water partition coefficient (Wildman–Crippen LogP) is -2.01. The van der Waals surface area contributed by atoms with Crippen LogP contribution in [0.1, 0.15) is 51.6 Å². The number of carboxylic acids is 2. The van der Waals surface area contributed by atoms with E-state index in [9.17, 15) is 33.9 Å². The van der Waals surface area contributed by atoms with E-state index in [0.717, 1.165) is 0 Å². The molecule has 1 aromatic heterocycles. The lowest BCUT2D eigenvalue weighted by Crippen LogP contribution is -2.58. The molecule has 15 heteroatoms. The summed E-state index contributed by atoms with van der Waals surface area (Å²) >= 11 is 0. The van der Waals surface area contributed by atoms with Crippen LogP contribution in [0.15, 0.2) is 12.5 Å². The lowest BCUT2D eigenvalue weighted by molar-refractivity contribution is -0.143. The fourth-order valence-electron chi connectivity index (χ4n) is 3.30. The van der Waals surface area contributed by atoms with E-state index in [1.807, 2.05) is 0 Å². The number of amides is 4. The molecule has 206 valence electrons. The summed E-state index contributed by atoms with van der Waals surface area (Å²) in [7, 11) is 0. The van der Waals surface area contributed by atoms with Crippen molar-refractivity contribution in [3.05, 3.63) is 18.2 Å². The molecule has 4 amide bonds. The minimum Gasteiger partial charge on any atom is -0.481 e. The number of carboxylic acid groups (broad SMARTS) is 2. The summed E-state index contributed by atoms with van der Waals surface area (Å²) in [4.78, 5) is 78.9. The minimum atomic E-state index is -1.49. The molecule has 0 aliphatic carbocycles. The van der Waals surface area contributed by atoms with Crippen molar-refractivity contribution in [2.45, 2.75) is 76.5 Å². The first kappa shape index (κ1) is 31.0. The van der Waals surface area contributed by atoms with Gasteiger partial charge in [-0.2, -0.15) is 0 Å². The van der Waals surface area contributed by atoms with Gasteiger partial charge in [0.15, 0.2) is 0 Å². The molecule has 37 heavy (non-hydrogen) atoms. The van der Waals surface area contributed by atoms with Gasteiger partial charge in [-0.1, -0.05) is 20.3 Å². The average Bonchev–Trinajstić information content (AvgIpc) is 3.34. The van der Waals surface area contributed by atoms with Gasteiger partial charge in [-0.05, 0) is 18.8 Å². The number of rotatable bonds is 17. The molecule has 0 saturated carbocycles. The third kappa shape index (κ3) is 11.1. The highest BCUT2D eigenvalue weighted by molar-refractivity contribution is 5.94. The zero-order valence-electron chi connectivity index (χ0n) is 20.7. The number of nitrogens with two attached hydrogens (primary N) is 2. The van der Waals surface area contributed by atoms with Crippen molar-refractivity contribution < 1.29 is 39.0 Å². The molecule has 1 heterocycles. The Morgan fingerprint density at radius 3 is 2.11 bits per heavy atom. The summed E-state index contributed by atoms with van der Waals surface area (Å²) in [5, 5.41) is 25.4. The maximum Gasteiger partial charge on any atom is 0.326 e. The van der Waals surface area contributed by atoms with E-state index in [4.69, 9.17) is 16.6 Å². The zero-order valence-corrected chi connectivity index (χ0v) is 20.7. The molecule has 5 atom stereocenters. The van der Waals surface area contributed by atoms with Gasteiger partial charge in [0.25, 0.3) is 0 Å². The first-order valence-corrected chi connectivity index (χ1v) is 11.7. The van der Waals surface area contributed by atoms with E-state index in [-0.39, 0.29) is 25.7 Å². The summed E-state index contributed by atoms with van der Waals surface area (Å²) in [5.41, 5.74) is 11.7. The number of aliphatic carboxylic acids is 2. The topological polar surface area (TPSA) is 260 Å². The Bertz CT molecular complexity index is 953. The average molecular weight is 526 g/mol. The normalized spacial score (nSPS) is 14.9. The number of H-pyrrole nitrogens is 1. The summed E-state index contributed by atoms with van der Waals surface area (Å²) < 4.78 is 0. The first-order valence-electron chi connectivity index (χ1n) is 11.7. The SMILES string of the molecule is CCC(C)C(NC(=O)C(CCC(N)=O)NC(=O)C(N)Cc1cnc[nH]1)C(=O)NC(CCC(=O)O)C(=O)O. The fraction of sp³-hybridized carbons (Fsp3) is 0.591. The summed E-state index contributed by atoms with van der Waals surface area (Å²) in [6.07, 6.45) is 2.15. The van der Waals surface area contributed by atoms with Crippen LogP contribution < -0.4 is 27.4 Å². The molecule has 0 spiro atoms. The van der Waals surface area contributed by atoms with Crippen LogP contribution in [-0.4, -0.2) is 79.9 Å². The van der Waals surface area contributed by atoms with Crippen molar-refractivity contribution in [3.63, 3.8) is 0 Å². The van der Waals surface area contributed by atoms with Gasteiger partial charge in [0.2, 0.25) is 23.6 Å². The van der Waals surface area contributed by atoms with Crippen LogP contribution in [0, 0.1) is 5.92 Å². The molecule has 0 bridgehead atoms. The van der Waals surface area contributed by atoms with E-state index in [2.05, 4.69) is 25.9 Å². The maximum atomic E-state index is 13.1. The largest absolute Gasteiger partial charge is 0.481 e. The Balaban J connectivity index is 3.00. The van der Waals surface area contributed by atoms with Crippen LogP contribution in [0.5, 0.6) is 0 Å². The molecule has 0 aromatic carbocycles. The lowest BCUT2D eigenvalue weighted by Gasteiger charge is -2.28. The van der Waals surface area contributed by atoms with Gasteiger partial charge in [-0.25, -0.2) is 9.78 Å². The molecule has 0 aliphatic heterocycles. The lowest BCUT2D eigenvalue weighted by atomic mass is 9.96. The number of nitrogens with one attached hydrogen (secondary N) is 4. The Morgan fingerprint density at radius 1 is 0.973 bits per heavy atom. The second-order valence-corrected chi connectivity index (χ2v) is 8.66. The van der Waals surface area contributed by atoms with Crippen molar-refractivity contribution in [2.75, 3.05) is 0 Å². The predicted molar refractivity (Wildman–Crippen MR) is 128 cm³/mol. The fourth-order valence-corrected chi connectivity index (χ4v) is 3.30. The van der Waals surface area contributed by atoms with E-state index in [1.165, 1.54) is 12.5 Å². The molecule has 1 aromatic rings. The number of primary amides is 1. The molecular weight excluding hydrogens is 490 g/mol. The number of aromatic nitrogens is 2. The Kier molecular flexibility index (Phi) is 12.7. The second kappa shape index (κ2) is 15.2. The second-order valence-electron chi connectivity index (χ2n) is 8.66. The van der Waals surface area contributed by atoms with Gasteiger partial charge in [0.05, 0.1) is 12.4 Å². The van der Waals surface area contributed by atoms with Crippen LogP contribution in [0.3, 0.4) is 0 Å². The monoisotopic (exact) mass is 525 g/mol. The van der Waals surface area contributed by atoms with Crippen molar-refractivity contribution in [2.24, 2.45) is 17.4 Å². The number of aromatic amines is 1. The van der Waals surface area contributed by atoms with Crippen LogP contribution in [0.2, 0.25) is 0 Å². The van der Waals surface area contributed by atoms with Gasteiger partial charge in [0.1, 0.15) is 18.1 Å². The number of hydrogen-bond acceptors (Lipinski definition) is 8. The third-order valence-corrected chi connectivity index (χ3v) is 5.70. The van der Waals surface area contributed by atoms with E-state index in [0.29, 0.717) is 12.1 Å². The maximum absolute atomic E-state index is 13.1. The van der Waals surface area contributed by atoms with Crippen molar-refractivity contribution in [1.29, 1.82) is 0 Å². The number of carbonyl (C=O) groups is 6. The molecule has 5 unspecified atom stereocenters. The third-order valence-electron chi connectivity index (χ3n) is 5.70. The number of carbonyl (C=O) groups excluding carboxylic acids is 4. The van der Waals surface area contributed by atoms with Crippen LogP contribution in [0.25, 0.3) is 0 Å². The van der Waals surface area contributed by atoms with E-state index >= 15 is 0 Å². The molecule has 1 rings (SSSR count). The zero-order chi connectivity index (χ0) is 28.1. The van der Waals surface area contributed by atoms with Gasteiger partial charge < -0.3 is 42.6 Å². The molecule has 15 nitrogen and oxygen atoms in total. The Labute approximate surface area is 213 Å². The molecular formula is C22H35N7O8. The quantitative estimate of drug-likeness (QED) is 0.111. The molecule has 0 radical (unpaired) electrons. The molecule has 0 aliphatic rings. The van der Waals surface area contributed by atoms with Gasteiger partial charge in [-0.3, -0.25) is 24.0 Å². The van der Waals surface area contributed by atoms with Crippen molar-refractivity contribution in [1.82, 2.24) is 25.9 Å². The molecule has 0 fully saturated rings. The highest BCUT2D eigenvalue weighted by Gasteiger charge is 2.33. The summed E-state index contributed by atoms with van der Waals surface area (Å²) in [6.45, 7) is 3.39. The number of imidazole rings is 1. The van der Waals surface area contributed by atoms with Crippen molar-refractivity contribution >= 4 is 35.6 Å². The highest BCUT2D eigenvalue weighted by atomic mass is 16.4.